The van der Waals surface area contributed by atoms with E-state index in [1.54, 1.807) is 0 Å². The maximum absolute atomic E-state index is 11.5. The molecule has 31 heavy (non-hydrogen) atoms. The topological polar surface area (TPSA) is 35.5 Å². The van der Waals surface area contributed by atoms with Crippen LogP contribution in [0, 0.1) is 0 Å². The first kappa shape index (κ1) is 21.8. The van der Waals surface area contributed by atoms with E-state index in [9.17, 15) is 5.11 Å². The molecule has 0 bridgehead atoms. The molecule has 0 aromatic heterocycles. The summed E-state index contributed by atoms with van der Waals surface area (Å²) in [6.07, 6.45) is 3.98. The molecule has 0 amide bonds. The molecule has 3 aromatic carbocycles. The second-order valence-electron chi connectivity index (χ2n) is 8.69. The zero-order chi connectivity index (χ0) is 21.3. The molecule has 0 spiro atoms. The molecule has 3 heteroatoms. The molecular formula is C28H34N2O. The molecule has 0 unspecified atom stereocenters. The van der Waals surface area contributed by atoms with Gasteiger partial charge in [-0.15, -0.1) is 0 Å². The zero-order valence-electron chi connectivity index (χ0n) is 18.2. The molecule has 0 aliphatic heterocycles. The van der Waals surface area contributed by atoms with Gasteiger partial charge in [0.2, 0.25) is 0 Å². The molecule has 1 saturated carbocycles. The van der Waals surface area contributed by atoms with Gasteiger partial charge in [-0.3, -0.25) is 4.90 Å². The maximum Gasteiger partial charge on any atom is 0.0848 e. The Bertz CT molecular complexity index is 843. The Balaban J connectivity index is 1.51. The lowest BCUT2D eigenvalue weighted by Gasteiger charge is -2.37. The van der Waals surface area contributed by atoms with Crippen LogP contribution in [0.2, 0.25) is 0 Å². The highest BCUT2D eigenvalue weighted by molar-refractivity contribution is 5.18. The van der Waals surface area contributed by atoms with E-state index in [2.05, 4.69) is 95.1 Å². The predicted octanol–water partition coefficient (Wildman–Crippen LogP) is 5.15. The van der Waals surface area contributed by atoms with E-state index >= 15 is 0 Å². The van der Waals surface area contributed by atoms with E-state index in [0.29, 0.717) is 0 Å². The van der Waals surface area contributed by atoms with Crippen LogP contribution in [0.5, 0.6) is 0 Å². The monoisotopic (exact) mass is 414 g/mol. The molecule has 0 heterocycles. The van der Waals surface area contributed by atoms with Crippen molar-refractivity contribution in [2.75, 3.05) is 0 Å². The smallest absolute Gasteiger partial charge is 0.0848 e. The summed E-state index contributed by atoms with van der Waals surface area (Å²) in [6, 6.07) is 32.0. The van der Waals surface area contributed by atoms with Crippen molar-refractivity contribution in [3.63, 3.8) is 0 Å². The van der Waals surface area contributed by atoms with Crippen LogP contribution >= 0.6 is 0 Å². The largest absolute Gasteiger partial charge is 0.390 e. The van der Waals surface area contributed by atoms with Crippen molar-refractivity contribution in [3.05, 3.63) is 108 Å². The molecule has 3 atom stereocenters. The SMILES string of the molecule is O[C@H]1[C@H](N(Cc2ccccc2)Cc2ccccc2)CCCC[C@H]1NCc1ccccc1. The fraction of sp³-hybridized carbons (Fsp3) is 0.357. The Morgan fingerprint density at radius 1 is 0.677 bits per heavy atom. The average molecular weight is 415 g/mol. The lowest BCUT2D eigenvalue weighted by Crippen LogP contribution is -2.51. The number of rotatable bonds is 8. The van der Waals surface area contributed by atoms with Gasteiger partial charge in [-0.05, 0) is 29.5 Å². The second kappa shape index (κ2) is 11.2. The summed E-state index contributed by atoms with van der Waals surface area (Å²) in [4.78, 5) is 2.48. The Kier molecular flexibility index (Phi) is 7.89. The third-order valence-corrected chi connectivity index (χ3v) is 6.41. The first-order valence-corrected chi connectivity index (χ1v) is 11.6. The van der Waals surface area contributed by atoms with Crippen molar-refractivity contribution in [2.45, 2.75) is 63.5 Å². The van der Waals surface area contributed by atoms with Crippen LogP contribution in [0.4, 0.5) is 0 Å². The van der Waals surface area contributed by atoms with Gasteiger partial charge in [0.25, 0.3) is 0 Å². The molecule has 1 fully saturated rings. The molecule has 0 saturated heterocycles. The molecule has 4 rings (SSSR count). The number of aliphatic hydroxyl groups excluding tert-OH is 1. The zero-order valence-corrected chi connectivity index (χ0v) is 18.2. The van der Waals surface area contributed by atoms with Crippen molar-refractivity contribution < 1.29 is 5.11 Å². The molecule has 1 aliphatic carbocycles. The van der Waals surface area contributed by atoms with Crippen molar-refractivity contribution in [1.82, 2.24) is 10.2 Å². The normalized spacial score (nSPS) is 21.7. The highest BCUT2D eigenvalue weighted by Crippen LogP contribution is 2.26. The number of benzene rings is 3. The molecule has 3 aromatic rings. The number of hydrogen-bond acceptors (Lipinski definition) is 3. The Morgan fingerprint density at radius 2 is 1.16 bits per heavy atom. The molecule has 162 valence electrons. The minimum Gasteiger partial charge on any atom is -0.390 e. The van der Waals surface area contributed by atoms with Gasteiger partial charge in [0, 0.05) is 31.7 Å². The lowest BCUT2D eigenvalue weighted by atomic mass is 9.98. The maximum atomic E-state index is 11.5. The lowest BCUT2D eigenvalue weighted by molar-refractivity contribution is 0.0162. The second-order valence-corrected chi connectivity index (χ2v) is 8.69. The van der Waals surface area contributed by atoms with Gasteiger partial charge < -0.3 is 10.4 Å². The van der Waals surface area contributed by atoms with Crippen molar-refractivity contribution in [3.8, 4) is 0 Å². The molecule has 3 nitrogen and oxygen atoms in total. The van der Waals surface area contributed by atoms with E-state index < -0.39 is 6.10 Å². The summed E-state index contributed by atoms with van der Waals surface area (Å²) in [7, 11) is 0. The summed E-state index contributed by atoms with van der Waals surface area (Å²) in [6.45, 7) is 2.50. The molecule has 0 radical (unpaired) electrons. The van der Waals surface area contributed by atoms with Crippen LogP contribution in [0.15, 0.2) is 91.0 Å². The van der Waals surface area contributed by atoms with E-state index in [1.807, 2.05) is 6.07 Å². The Morgan fingerprint density at radius 3 is 1.71 bits per heavy atom. The minimum absolute atomic E-state index is 0.113. The predicted molar refractivity (Wildman–Crippen MR) is 127 cm³/mol. The number of aliphatic hydroxyl groups is 1. The van der Waals surface area contributed by atoms with E-state index in [1.165, 1.54) is 16.7 Å². The fourth-order valence-corrected chi connectivity index (χ4v) is 4.72. The Labute approximate surface area is 186 Å². The first-order valence-electron chi connectivity index (χ1n) is 11.6. The minimum atomic E-state index is -0.390. The van der Waals surface area contributed by atoms with Crippen molar-refractivity contribution in [2.24, 2.45) is 0 Å². The standard InChI is InChI=1S/C28H34N2O/c31-28-26(29-20-23-12-4-1-5-13-23)18-10-11-19-27(28)30(21-24-14-6-2-7-15-24)22-25-16-8-3-9-17-25/h1-9,12-17,26-29,31H,10-11,18-22H2/t26-,27-,28-/m1/s1. The third kappa shape index (κ3) is 6.27. The number of nitrogens with one attached hydrogen (secondary N) is 1. The number of nitrogens with zero attached hydrogens (tertiary/aromatic N) is 1. The molecular weight excluding hydrogens is 380 g/mol. The van der Waals surface area contributed by atoms with E-state index in [-0.39, 0.29) is 12.1 Å². The van der Waals surface area contributed by atoms with Crippen molar-refractivity contribution in [1.29, 1.82) is 0 Å². The summed E-state index contributed by atoms with van der Waals surface area (Å²) >= 11 is 0. The van der Waals surface area contributed by atoms with Gasteiger partial charge >= 0.3 is 0 Å². The van der Waals surface area contributed by atoms with Crippen LogP contribution < -0.4 is 5.32 Å². The quantitative estimate of drug-likeness (QED) is 0.500. The van der Waals surface area contributed by atoms with Gasteiger partial charge in [-0.2, -0.15) is 0 Å². The Hall–Kier alpha value is -2.46. The molecule has 2 N–H and O–H groups in total. The highest BCUT2D eigenvalue weighted by Gasteiger charge is 2.33. The van der Waals surface area contributed by atoms with Crippen LogP contribution in [0.1, 0.15) is 42.4 Å². The summed E-state index contributed by atoms with van der Waals surface area (Å²) in [5.41, 5.74) is 3.85. The van der Waals surface area contributed by atoms with E-state index in [0.717, 1.165) is 45.3 Å². The first-order chi connectivity index (χ1) is 15.3. The third-order valence-electron chi connectivity index (χ3n) is 6.41. The molecule has 1 aliphatic rings. The summed E-state index contributed by atoms with van der Waals surface area (Å²) in [5, 5.41) is 15.2. The van der Waals surface area contributed by atoms with E-state index in [4.69, 9.17) is 0 Å². The van der Waals surface area contributed by atoms with Gasteiger partial charge in [-0.1, -0.05) is 104 Å². The summed E-state index contributed by atoms with van der Waals surface area (Å²) in [5.74, 6) is 0. The average Bonchev–Trinajstić information content (AvgIpc) is 3.00. The van der Waals surface area contributed by atoms with Crippen LogP contribution in [0.3, 0.4) is 0 Å². The van der Waals surface area contributed by atoms with Crippen LogP contribution in [-0.4, -0.2) is 28.2 Å². The van der Waals surface area contributed by atoms with Crippen LogP contribution in [0.25, 0.3) is 0 Å². The van der Waals surface area contributed by atoms with Gasteiger partial charge in [-0.25, -0.2) is 0 Å². The fourth-order valence-electron chi connectivity index (χ4n) is 4.72. The summed E-state index contributed by atoms with van der Waals surface area (Å²) < 4.78 is 0. The van der Waals surface area contributed by atoms with Crippen LogP contribution in [-0.2, 0) is 19.6 Å². The highest BCUT2D eigenvalue weighted by atomic mass is 16.3. The number of hydrogen-bond donors (Lipinski definition) is 2. The van der Waals surface area contributed by atoms with Gasteiger partial charge in [0.1, 0.15) is 0 Å². The van der Waals surface area contributed by atoms with Crippen molar-refractivity contribution >= 4 is 0 Å². The van der Waals surface area contributed by atoms with Gasteiger partial charge in [0.05, 0.1) is 6.10 Å². The van der Waals surface area contributed by atoms with Gasteiger partial charge in [0.15, 0.2) is 0 Å².